The second-order valence-electron chi connectivity index (χ2n) is 4.51. The van der Waals surface area contributed by atoms with Gasteiger partial charge in [-0.15, -0.1) is 0 Å². The summed E-state index contributed by atoms with van der Waals surface area (Å²) in [5, 5.41) is 9.45. The number of fused-ring (bicyclic) bond motifs is 1. The Hall–Kier alpha value is -1.53. The Labute approximate surface area is 105 Å². The monoisotopic (exact) mass is 248 g/mol. The molecule has 1 saturated heterocycles. The Kier molecular flexibility index (Phi) is 2.97. The maximum absolute atomic E-state index is 9.45. The summed E-state index contributed by atoms with van der Waals surface area (Å²) in [6.07, 6.45) is 4.60. The van der Waals surface area contributed by atoms with Crippen LogP contribution >= 0.6 is 0 Å². The van der Waals surface area contributed by atoms with Gasteiger partial charge in [-0.2, -0.15) is 0 Å². The Morgan fingerprint density at radius 3 is 3.06 bits per heavy atom. The van der Waals surface area contributed by atoms with Gasteiger partial charge in [-0.25, -0.2) is 15.0 Å². The van der Waals surface area contributed by atoms with E-state index in [-0.39, 0.29) is 12.8 Å². The summed E-state index contributed by atoms with van der Waals surface area (Å²) in [5.74, 6) is 0.598. The molecule has 0 amide bonds. The van der Waals surface area contributed by atoms with Crippen LogP contribution < -0.4 is 0 Å². The molecule has 6 heteroatoms. The molecule has 1 aliphatic heterocycles. The van der Waals surface area contributed by atoms with Crippen molar-refractivity contribution in [3.63, 3.8) is 0 Å². The van der Waals surface area contributed by atoms with Crippen LogP contribution in [-0.2, 0) is 11.3 Å². The first-order valence-electron chi connectivity index (χ1n) is 6.22. The standard InChI is InChI=1S/C12H16N4O2/c1-8-11-12(14-7-13-8)16(9(6-17)15-11)10-4-2-3-5-18-10/h7,10,17H,2-6H2,1H3. The van der Waals surface area contributed by atoms with Crippen LogP contribution in [0.5, 0.6) is 0 Å². The van der Waals surface area contributed by atoms with E-state index in [0.717, 1.165) is 42.7 Å². The highest BCUT2D eigenvalue weighted by molar-refractivity contribution is 5.73. The third-order valence-electron chi connectivity index (χ3n) is 3.32. The van der Waals surface area contributed by atoms with Crippen molar-refractivity contribution < 1.29 is 9.84 Å². The molecule has 1 atom stereocenters. The summed E-state index contributed by atoms with van der Waals surface area (Å²) in [6, 6.07) is 0. The average molecular weight is 248 g/mol. The maximum Gasteiger partial charge on any atom is 0.165 e. The van der Waals surface area contributed by atoms with Crippen LogP contribution in [0.2, 0.25) is 0 Å². The second kappa shape index (κ2) is 4.62. The fourth-order valence-corrected chi connectivity index (χ4v) is 2.41. The van der Waals surface area contributed by atoms with Crippen LogP contribution in [0.15, 0.2) is 6.33 Å². The number of ether oxygens (including phenoxy) is 1. The molecule has 3 heterocycles. The van der Waals surface area contributed by atoms with Crippen LogP contribution in [0, 0.1) is 6.92 Å². The van der Waals surface area contributed by atoms with Gasteiger partial charge in [-0.05, 0) is 26.2 Å². The molecule has 3 rings (SSSR count). The van der Waals surface area contributed by atoms with Gasteiger partial charge < -0.3 is 9.84 Å². The number of hydrogen-bond donors (Lipinski definition) is 1. The number of aryl methyl sites for hydroxylation is 1. The van der Waals surface area contributed by atoms with E-state index in [1.165, 1.54) is 6.33 Å². The van der Waals surface area contributed by atoms with E-state index in [0.29, 0.717) is 5.82 Å². The molecule has 1 N–H and O–H groups in total. The van der Waals surface area contributed by atoms with Gasteiger partial charge in [0.1, 0.15) is 30.5 Å². The molecular weight excluding hydrogens is 232 g/mol. The first kappa shape index (κ1) is 11.6. The minimum Gasteiger partial charge on any atom is -0.388 e. The molecule has 0 aromatic carbocycles. The fraction of sp³-hybridized carbons (Fsp3) is 0.583. The largest absolute Gasteiger partial charge is 0.388 e. The van der Waals surface area contributed by atoms with E-state index in [9.17, 15) is 5.11 Å². The van der Waals surface area contributed by atoms with Crippen molar-refractivity contribution in [1.82, 2.24) is 19.5 Å². The van der Waals surface area contributed by atoms with Crippen molar-refractivity contribution in [3.05, 3.63) is 17.8 Å². The smallest absolute Gasteiger partial charge is 0.165 e. The first-order valence-corrected chi connectivity index (χ1v) is 6.22. The minimum atomic E-state index is -0.115. The summed E-state index contributed by atoms with van der Waals surface area (Å²) in [7, 11) is 0. The van der Waals surface area contributed by atoms with Gasteiger partial charge in [0.15, 0.2) is 5.65 Å². The van der Waals surface area contributed by atoms with Gasteiger partial charge in [-0.3, -0.25) is 4.57 Å². The molecule has 18 heavy (non-hydrogen) atoms. The number of aromatic nitrogens is 4. The van der Waals surface area contributed by atoms with Gasteiger partial charge in [0.05, 0.1) is 5.69 Å². The van der Waals surface area contributed by atoms with Gasteiger partial charge in [0, 0.05) is 6.61 Å². The number of aliphatic hydroxyl groups excluding tert-OH is 1. The topological polar surface area (TPSA) is 73.1 Å². The predicted octanol–water partition coefficient (Wildman–Crippen LogP) is 1.33. The molecular formula is C12H16N4O2. The Bertz CT molecular complexity index is 560. The highest BCUT2D eigenvalue weighted by Crippen LogP contribution is 2.28. The maximum atomic E-state index is 9.45. The number of imidazole rings is 1. The SMILES string of the molecule is Cc1ncnc2c1nc(CO)n2C1CCCCO1. The molecule has 2 aromatic rings. The quantitative estimate of drug-likeness (QED) is 0.867. The van der Waals surface area contributed by atoms with E-state index in [1.54, 1.807) is 0 Å². The lowest BCUT2D eigenvalue weighted by Gasteiger charge is -2.25. The molecule has 0 bridgehead atoms. The highest BCUT2D eigenvalue weighted by atomic mass is 16.5. The zero-order valence-corrected chi connectivity index (χ0v) is 10.3. The van der Waals surface area contributed by atoms with Crippen molar-refractivity contribution in [2.24, 2.45) is 0 Å². The molecule has 0 aliphatic carbocycles. The lowest BCUT2D eigenvalue weighted by atomic mass is 10.2. The lowest BCUT2D eigenvalue weighted by molar-refractivity contribution is -0.0329. The molecule has 6 nitrogen and oxygen atoms in total. The second-order valence-corrected chi connectivity index (χ2v) is 4.51. The molecule has 0 radical (unpaired) electrons. The average Bonchev–Trinajstić information content (AvgIpc) is 2.80. The van der Waals surface area contributed by atoms with Crippen LogP contribution in [0.1, 0.15) is 37.0 Å². The number of aliphatic hydroxyl groups is 1. The van der Waals surface area contributed by atoms with Crippen molar-refractivity contribution >= 4 is 11.2 Å². The van der Waals surface area contributed by atoms with Gasteiger partial charge in [0.25, 0.3) is 0 Å². The molecule has 1 aliphatic rings. The molecule has 1 unspecified atom stereocenters. The van der Waals surface area contributed by atoms with Crippen LogP contribution in [-0.4, -0.2) is 31.2 Å². The van der Waals surface area contributed by atoms with Gasteiger partial charge in [-0.1, -0.05) is 0 Å². The predicted molar refractivity (Wildman–Crippen MR) is 64.8 cm³/mol. The summed E-state index contributed by atoms with van der Waals surface area (Å²) in [5.41, 5.74) is 2.32. The summed E-state index contributed by atoms with van der Waals surface area (Å²) < 4.78 is 7.67. The molecule has 1 fully saturated rings. The lowest BCUT2D eigenvalue weighted by Crippen LogP contribution is -2.20. The Morgan fingerprint density at radius 2 is 2.33 bits per heavy atom. The van der Waals surface area contributed by atoms with Crippen LogP contribution in [0.25, 0.3) is 11.2 Å². The van der Waals surface area contributed by atoms with E-state index in [2.05, 4.69) is 15.0 Å². The Balaban J connectivity index is 2.16. The summed E-state index contributed by atoms with van der Waals surface area (Å²) >= 11 is 0. The number of nitrogens with zero attached hydrogens (tertiary/aromatic N) is 4. The zero-order chi connectivity index (χ0) is 12.5. The fourth-order valence-electron chi connectivity index (χ4n) is 2.41. The molecule has 2 aromatic heterocycles. The van der Waals surface area contributed by atoms with Crippen molar-refractivity contribution in [2.45, 2.75) is 39.0 Å². The van der Waals surface area contributed by atoms with E-state index in [1.807, 2.05) is 11.5 Å². The normalized spacial score (nSPS) is 20.4. The third kappa shape index (κ3) is 1.77. The molecule has 0 spiro atoms. The van der Waals surface area contributed by atoms with Crippen LogP contribution in [0.4, 0.5) is 0 Å². The summed E-state index contributed by atoms with van der Waals surface area (Å²) in [6.45, 7) is 2.53. The van der Waals surface area contributed by atoms with E-state index in [4.69, 9.17) is 4.74 Å². The first-order chi connectivity index (χ1) is 8.81. The van der Waals surface area contributed by atoms with Crippen molar-refractivity contribution in [3.8, 4) is 0 Å². The molecule has 0 saturated carbocycles. The van der Waals surface area contributed by atoms with Gasteiger partial charge >= 0.3 is 0 Å². The van der Waals surface area contributed by atoms with Crippen molar-refractivity contribution in [1.29, 1.82) is 0 Å². The molecule has 96 valence electrons. The van der Waals surface area contributed by atoms with E-state index < -0.39 is 0 Å². The van der Waals surface area contributed by atoms with E-state index >= 15 is 0 Å². The third-order valence-corrected chi connectivity index (χ3v) is 3.32. The Morgan fingerprint density at radius 1 is 1.44 bits per heavy atom. The highest BCUT2D eigenvalue weighted by Gasteiger charge is 2.23. The van der Waals surface area contributed by atoms with Crippen LogP contribution in [0.3, 0.4) is 0 Å². The van der Waals surface area contributed by atoms with Gasteiger partial charge in [0.2, 0.25) is 0 Å². The number of hydrogen-bond acceptors (Lipinski definition) is 5. The summed E-state index contributed by atoms with van der Waals surface area (Å²) in [4.78, 5) is 12.8. The minimum absolute atomic E-state index is 0.0693. The number of rotatable bonds is 2. The van der Waals surface area contributed by atoms with Crippen molar-refractivity contribution in [2.75, 3.05) is 6.61 Å². The zero-order valence-electron chi connectivity index (χ0n) is 10.3.